The smallest absolute Gasteiger partial charge is 0.336 e. The summed E-state index contributed by atoms with van der Waals surface area (Å²) in [5.41, 5.74) is 3.64. The summed E-state index contributed by atoms with van der Waals surface area (Å²) in [5.74, 6) is -0.121. The van der Waals surface area contributed by atoms with Gasteiger partial charge >= 0.3 is 5.97 Å². The van der Waals surface area contributed by atoms with E-state index in [1.807, 2.05) is 38.1 Å². The second-order valence-corrected chi connectivity index (χ2v) is 5.66. The summed E-state index contributed by atoms with van der Waals surface area (Å²) in [6, 6.07) is 5.43. The van der Waals surface area contributed by atoms with Crippen LogP contribution in [0.5, 0.6) is 0 Å². The van der Waals surface area contributed by atoms with Crippen molar-refractivity contribution in [3.05, 3.63) is 46.3 Å². The van der Waals surface area contributed by atoms with Gasteiger partial charge < -0.3 is 19.8 Å². The second-order valence-electron chi connectivity index (χ2n) is 5.66. The number of aromatic carboxylic acids is 1. The van der Waals surface area contributed by atoms with Crippen LogP contribution in [-0.2, 0) is 13.1 Å². The monoisotopic (exact) mass is 303 g/mol. The number of rotatable bonds is 6. The Hall–Kier alpha value is -2.34. The number of aromatic nitrogens is 1. The summed E-state index contributed by atoms with van der Waals surface area (Å²) < 4.78 is 5.25. The summed E-state index contributed by atoms with van der Waals surface area (Å²) in [5, 5.41) is 16.4. The fourth-order valence-corrected chi connectivity index (χ4v) is 2.28. The van der Waals surface area contributed by atoms with E-state index >= 15 is 0 Å². The molecule has 0 amide bonds. The van der Waals surface area contributed by atoms with Crippen molar-refractivity contribution in [3.63, 3.8) is 0 Å². The fraction of sp³-hybridized carbons (Fsp3) is 0.375. The van der Waals surface area contributed by atoms with E-state index in [0.29, 0.717) is 18.7 Å². The first-order valence-electron chi connectivity index (χ1n) is 7.04. The van der Waals surface area contributed by atoms with Crippen molar-refractivity contribution in [1.29, 1.82) is 0 Å². The van der Waals surface area contributed by atoms with Crippen LogP contribution >= 0.6 is 0 Å². The molecule has 6 nitrogen and oxygen atoms in total. The average Bonchev–Trinajstić information content (AvgIpc) is 2.84. The predicted octanol–water partition coefficient (Wildman–Crippen LogP) is 2.66. The molecule has 6 heteroatoms. The minimum Gasteiger partial charge on any atom is -0.478 e. The summed E-state index contributed by atoms with van der Waals surface area (Å²) in [4.78, 5) is 13.2. The Balaban J connectivity index is 2.09. The average molecular weight is 303 g/mol. The molecule has 0 atom stereocenters. The molecule has 0 bridgehead atoms. The molecule has 0 aliphatic heterocycles. The van der Waals surface area contributed by atoms with Crippen LogP contribution in [0.4, 0.5) is 5.69 Å². The molecule has 118 valence electrons. The van der Waals surface area contributed by atoms with E-state index in [4.69, 9.17) is 4.52 Å². The highest BCUT2D eigenvalue weighted by atomic mass is 16.5. The number of aryl methyl sites for hydroxylation is 2. The van der Waals surface area contributed by atoms with Gasteiger partial charge in [-0.25, -0.2) is 4.79 Å². The topological polar surface area (TPSA) is 78.6 Å². The molecule has 0 aliphatic rings. The maximum absolute atomic E-state index is 11.2. The van der Waals surface area contributed by atoms with Crippen molar-refractivity contribution in [3.8, 4) is 0 Å². The Bertz CT molecular complexity index is 677. The molecule has 22 heavy (non-hydrogen) atoms. The fourth-order valence-electron chi connectivity index (χ4n) is 2.28. The van der Waals surface area contributed by atoms with Crippen molar-refractivity contribution >= 4 is 11.7 Å². The number of benzene rings is 1. The quantitative estimate of drug-likeness (QED) is 0.854. The Morgan fingerprint density at radius 1 is 1.27 bits per heavy atom. The zero-order valence-electron chi connectivity index (χ0n) is 13.3. The minimum absolute atomic E-state index is 0.307. The number of hydrogen-bond donors (Lipinski definition) is 2. The molecular weight excluding hydrogens is 282 g/mol. The molecule has 0 spiro atoms. The van der Waals surface area contributed by atoms with E-state index in [-0.39, 0.29) is 0 Å². The van der Waals surface area contributed by atoms with Crippen LogP contribution in [-0.4, -0.2) is 35.2 Å². The zero-order valence-corrected chi connectivity index (χ0v) is 13.3. The van der Waals surface area contributed by atoms with Crippen molar-refractivity contribution in [1.82, 2.24) is 10.1 Å². The third kappa shape index (κ3) is 3.85. The molecule has 0 radical (unpaired) electrons. The first-order chi connectivity index (χ1) is 10.4. The van der Waals surface area contributed by atoms with Crippen molar-refractivity contribution < 1.29 is 14.4 Å². The van der Waals surface area contributed by atoms with Crippen LogP contribution in [0, 0.1) is 13.8 Å². The molecule has 0 saturated carbocycles. The van der Waals surface area contributed by atoms with Crippen molar-refractivity contribution in [2.75, 3.05) is 19.4 Å². The lowest BCUT2D eigenvalue weighted by atomic mass is 10.0. The maximum atomic E-state index is 11.2. The first kappa shape index (κ1) is 16.0. The number of nitrogens with one attached hydrogen (secondary N) is 1. The minimum atomic E-state index is -0.921. The lowest BCUT2D eigenvalue weighted by Crippen LogP contribution is -2.09. The SMILES string of the molecule is Cc1cc(C)c(C(=O)O)cc1NCc1cc(CN(C)C)on1. The van der Waals surface area contributed by atoms with Gasteiger partial charge in [0.1, 0.15) is 5.69 Å². The van der Waals surface area contributed by atoms with Crippen molar-refractivity contribution in [2.45, 2.75) is 26.9 Å². The van der Waals surface area contributed by atoms with Gasteiger partial charge in [0.2, 0.25) is 0 Å². The molecule has 1 aromatic carbocycles. The number of carboxylic acid groups (broad SMARTS) is 1. The number of carbonyl (C=O) groups is 1. The van der Waals surface area contributed by atoms with Crippen LogP contribution < -0.4 is 5.32 Å². The van der Waals surface area contributed by atoms with Crippen LogP contribution in [0.25, 0.3) is 0 Å². The van der Waals surface area contributed by atoms with Gasteiger partial charge in [0.05, 0.1) is 18.7 Å². The highest BCUT2D eigenvalue weighted by Crippen LogP contribution is 2.21. The molecule has 1 aromatic heterocycles. The van der Waals surface area contributed by atoms with Gasteiger partial charge in [-0.15, -0.1) is 0 Å². The number of hydrogen-bond acceptors (Lipinski definition) is 5. The van der Waals surface area contributed by atoms with E-state index in [0.717, 1.165) is 28.3 Å². The van der Waals surface area contributed by atoms with Gasteiger partial charge in [0.15, 0.2) is 5.76 Å². The molecule has 0 saturated heterocycles. The van der Waals surface area contributed by atoms with Crippen LogP contribution in [0.15, 0.2) is 22.7 Å². The van der Waals surface area contributed by atoms with E-state index in [1.165, 1.54) is 0 Å². The predicted molar refractivity (Wildman–Crippen MR) is 84.1 cm³/mol. The Kier molecular flexibility index (Phi) is 4.82. The standard InChI is InChI=1S/C16H21N3O3/c1-10-5-11(2)15(7-14(10)16(20)21)17-8-12-6-13(22-18-12)9-19(3)4/h5-7,17H,8-9H2,1-4H3,(H,20,21). The van der Waals surface area contributed by atoms with Gasteiger partial charge in [0.25, 0.3) is 0 Å². The van der Waals surface area contributed by atoms with Crippen LogP contribution in [0.3, 0.4) is 0 Å². The summed E-state index contributed by atoms with van der Waals surface area (Å²) >= 11 is 0. The molecule has 2 aromatic rings. The largest absolute Gasteiger partial charge is 0.478 e. The summed E-state index contributed by atoms with van der Waals surface area (Å²) in [6.45, 7) is 4.92. The van der Waals surface area contributed by atoms with E-state index in [2.05, 4.69) is 10.5 Å². The summed E-state index contributed by atoms with van der Waals surface area (Å²) in [7, 11) is 3.92. The molecular formula is C16H21N3O3. The van der Waals surface area contributed by atoms with E-state index in [9.17, 15) is 9.90 Å². The molecule has 0 fully saturated rings. The molecule has 0 aliphatic carbocycles. The van der Waals surface area contributed by atoms with Gasteiger partial charge in [-0.2, -0.15) is 0 Å². The molecule has 1 heterocycles. The number of anilines is 1. The first-order valence-corrected chi connectivity index (χ1v) is 7.04. The Labute approximate surface area is 129 Å². The lowest BCUT2D eigenvalue weighted by Gasteiger charge is -2.11. The van der Waals surface area contributed by atoms with Gasteiger partial charge in [0, 0.05) is 11.8 Å². The Morgan fingerprint density at radius 2 is 2.00 bits per heavy atom. The molecule has 2 rings (SSSR count). The van der Waals surface area contributed by atoms with Gasteiger partial charge in [-0.3, -0.25) is 0 Å². The number of carboxylic acids is 1. The summed E-state index contributed by atoms with van der Waals surface area (Å²) in [6.07, 6.45) is 0. The van der Waals surface area contributed by atoms with Gasteiger partial charge in [-0.05, 0) is 45.1 Å². The van der Waals surface area contributed by atoms with Crippen LogP contribution in [0.1, 0.15) is 32.9 Å². The van der Waals surface area contributed by atoms with E-state index < -0.39 is 5.97 Å². The van der Waals surface area contributed by atoms with E-state index in [1.54, 1.807) is 13.0 Å². The lowest BCUT2D eigenvalue weighted by molar-refractivity contribution is 0.0696. The Morgan fingerprint density at radius 3 is 2.64 bits per heavy atom. The second kappa shape index (κ2) is 6.62. The van der Waals surface area contributed by atoms with Crippen LogP contribution in [0.2, 0.25) is 0 Å². The third-order valence-electron chi connectivity index (χ3n) is 3.34. The van der Waals surface area contributed by atoms with Gasteiger partial charge in [-0.1, -0.05) is 11.2 Å². The molecule has 2 N–H and O–H groups in total. The zero-order chi connectivity index (χ0) is 16.3. The van der Waals surface area contributed by atoms with Crippen molar-refractivity contribution in [2.24, 2.45) is 0 Å². The normalized spacial score (nSPS) is 11.0. The maximum Gasteiger partial charge on any atom is 0.336 e. The number of nitrogens with zero attached hydrogens (tertiary/aromatic N) is 2. The molecule has 0 unspecified atom stereocenters. The highest BCUT2D eigenvalue weighted by molar-refractivity contribution is 5.91. The highest BCUT2D eigenvalue weighted by Gasteiger charge is 2.11. The third-order valence-corrected chi connectivity index (χ3v) is 3.34.